The van der Waals surface area contributed by atoms with Gasteiger partial charge in [-0.2, -0.15) is 0 Å². The van der Waals surface area contributed by atoms with E-state index in [0.29, 0.717) is 23.5 Å². The van der Waals surface area contributed by atoms with E-state index < -0.39 is 0 Å². The van der Waals surface area contributed by atoms with Gasteiger partial charge in [-0.15, -0.1) is 0 Å². The monoisotopic (exact) mass is 246 g/mol. The molecule has 1 fully saturated rings. The molecule has 100 valence electrons. The molecule has 0 spiro atoms. The van der Waals surface area contributed by atoms with Gasteiger partial charge in [0, 0.05) is 18.1 Å². The minimum absolute atomic E-state index is 0.333. The van der Waals surface area contributed by atoms with Crippen LogP contribution in [0.3, 0.4) is 0 Å². The van der Waals surface area contributed by atoms with Gasteiger partial charge in [-0.3, -0.25) is 0 Å². The molecule has 1 unspecified atom stereocenters. The van der Waals surface area contributed by atoms with E-state index in [1.807, 2.05) is 0 Å². The summed E-state index contributed by atoms with van der Waals surface area (Å²) < 4.78 is 0. The minimum Gasteiger partial charge on any atom is -0.328 e. The lowest BCUT2D eigenvalue weighted by molar-refractivity contribution is 0.229. The van der Waals surface area contributed by atoms with Gasteiger partial charge in [0.2, 0.25) is 0 Å². The maximum Gasteiger partial charge on any atom is 0.0327 e. The molecule has 18 heavy (non-hydrogen) atoms. The van der Waals surface area contributed by atoms with E-state index in [-0.39, 0.29) is 0 Å². The molecule has 0 aromatic heterocycles. The number of nitrogens with one attached hydrogen (secondary N) is 1. The molecular formula is C16H26N2. The highest BCUT2D eigenvalue weighted by molar-refractivity contribution is 5.19. The van der Waals surface area contributed by atoms with E-state index >= 15 is 0 Å². The Balaban J connectivity index is 2.03. The largest absolute Gasteiger partial charge is 0.328 e. The van der Waals surface area contributed by atoms with Crippen molar-refractivity contribution in [2.45, 2.75) is 58.2 Å². The number of hydrogen-bond acceptors (Lipinski definition) is 2. The third kappa shape index (κ3) is 3.82. The summed E-state index contributed by atoms with van der Waals surface area (Å²) in [6.07, 6.45) is 3.39. The van der Waals surface area contributed by atoms with E-state index in [1.165, 1.54) is 5.56 Å². The summed E-state index contributed by atoms with van der Waals surface area (Å²) in [5.74, 6) is 0. The molecule has 1 aliphatic carbocycles. The van der Waals surface area contributed by atoms with Crippen LogP contribution in [0, 0.1) is 5.41 Å². The first kappa shape index (κ1) is 13.6. The molecule has 2 heteroatoms. The van der Waals surface area contributed by atoms with Crippen LogP contribution in [0.4, 0.5) is 0 Å². The number of nitrogens with two attached hydrogens (primary N) is 1. The average molecular weight is 246 g/mol. The molecule has 1 aliphatic rings. The van der Waals surface area contributed by atoms with E-state index in [1.54, 1.807) is 0 Å². The fourth-order valence-corrected chi connectivity index (χ4v) is 2.65. The number of hydrogen-bond donors (Lipinski definition) is 2. The van der Waals surface area contributed by atoms with Crippen molar-refractivity contribution in [3.05, 3.63) is 35.9 Å². The van der Waals surface area contributed by atoms with Gasteiger partial charge in [-0.05, 0) is 30.2 Å². The summed E-state index contributed by atoms with van der Waals surface area (Å²) in [6.45, 7) is 6.91. The van der Waals surface area contributed by atoms with Crippen LogP contribution in [0.25, 0.3) is 0 Å². The molecule has 2 rings (SSSR count). The molecule has 3 N–H and O–H groups in total. The van der Waals surface area contributed by atoms with Crippen LogP contribution in [0.1, 0.15) is 51.6 Å². The van der Waals surface area contributed by atoms with Crippen LogP contribution in [0.5, 0.6) is 0 Å². The van der Waals surface area contributed by atoms with Crippen LogP contribution in [-0.2, 0) is 0 Å². The molecule has 0 bridgehead atoms. The van der Waals surface area contributed by atoms with Crippen molar-refractivity contribution < 1.29 is 0 Å². The van der Waals surface area contributed by atoms with Crippen LogP contribution in [-0.4, -0.2) is 12.1 Å². The van der Waals surface area contributed by atoms with E-state index in [2.05, 4.69) is 56.4 Å². The highest BCUT2D eigenvalue weighted by atomic mass is 15.0. The quantitative estimate of drug-likeness (QED) is 0.856. The molecule has 0 amide bonds. The smallest absolute Gasteiger partial charge is 0.0327 e. The Morgan fingerprint density at radius 3 is 2.33 bits per heavy atom. The van der Waals surface area contributed by atoms with Crippen molar-refractivity contribution in [2.75, 3.05) is 0 Å². The Bertz CT molecular complexity index is 360. The Morgan fingerprint density at radius 2 is 1.83 bits per heavy atom. The van der Waals surface area contributed by atoms with Gasteiger partial charge in [-0.1, -0.05) is 51.1 Å². The van der Waals surface area contributed by atoms with Crippen LogP contribution in [0.15, 0.2) is 30.3 Å². The summed E-state index contributed by atoms with van der Waals surface area (Å²) in [4.78, 5) is 0. The Labute approximate surface area is 111 Å². The van der Waals surface area contributed by atoms with Crippen molar-refractivity contribution in [1.82, 2.24) is 5.32 Å². The SMILES string of the molecule is CC(C)(C)CC(NC1CC(N)C1)c1ccccc1. The summed E-state index contributed by atoms with van der Waals surface area (Å²) in [7, 11) is 0. The third-order valence-electron chi connectivity index (χ3n) is 3.63. The molecule has 0 radical (unpaired) electrons. The summed E-state index contributed by atoms with van der Waals surface area (Å²) in [5, 5.41) is 3.78. The van der Waals surface area contributed by atoms with Crippen LogP contribution >= 0.6 is 0 Å². The van der Waals surface area contributed by atoms with Crippen molar-refractivity contribution in [3.63, 3.8) is 0 Å². The molecule has 2 nitrogen and oxygen atoms in total. The van der Waals surface area contributed by atoms with Crippen molar-refractivity contribution in [3.8, 4) is 0 Å². The van der Waals surface area contributed by atoms with Gasteiger partial charge in [0.1, 0.15) is 0 Å². The molecule has 0 heterocycles. The fraction of sp³-hybridized carbons (Fsp3) is 0.625. The van der Waals surface area contributed by atoms with Crippen molar-refractivity contribution >= 4 is 0 Å². The average Bonchev–Trinajstić information content (AvgIpc) is 2.25. The van der Waals surface area contributed by atoms with E-state index in [0.717, 1.165) is 19.3 Å². The molecule has 0 saturated heterocycles. The van der Waals surface area contributed by atoms with E-state index in [4.69, 9.17) is 5.73 Å². The third-order valence-corrected chi connectivity index (χ3v) is 3.63. The zero-order valence-corrected chi connectivity index (χ0v) is 11.8. The summed E-state index contributed by atoms with van der Waals surface area (Å²) in [5.41, 5.74) is 7.60. The highest BCUT2D eigenvalue weighted by Gasteiger charge is 2.29. The lowest BCUT2D eigenvalue weighted by atomic mass is 9.82. The first-order valence-electron chi connectivity index (χ1n) is 7.00. The zero-order chi connectivity index (χ0) is 13.2. The summed E-state index contributed by atoms with van der Waals surface area (Å²) in [6, 6.07) is 12.2. The van der Waals surface area contributed by atoms with Crippen molar-refractivity contribution in [2.24, 2.45) is 11.1 Å². The minimum atomic E-state index is 0.333. The van der Waals surface area contributed by atoms with Crippen molar-refractivity contribution in [1.29, 1.82) is 0 Å². The molecule has 1 aromatic carbocycles. The molecule has 1 atom stereocenters. The first-order chi connectivity index (χ1) is 8.44. The number of benzene rings is 1. The zero-order valence-electron chi connectivity index (χ0n) is 11.8. The number of rotatable bonds is 4. The molecular weight excluding hydrogens is 220 g/mol. The lowest BCUT2D eigenvalue weighted by Gasteiger charge is -2.38. The molecule has 1 aromatic rings. The Morgan fingerprint density at radius 1 is 1.22 bits per heavy atom. The molecule has 0 aliphatic heterocycles. The van der Waals surface area contributed by atoms with Gasteiger partial charge >= 0.3 is 0 Å². The van der Waals surface area contributed by atoms with Gasteiger partial charge in [0.25, 0.3) is 0 Å². The predicted molar refractivity (Wildman–Crippen MR) is 77.4 cm³/mol. The Hall–Kier alpha value is -0.860. The Kier molecular flexibility index (Phi) is 4.08. The first-order valence-corrected chi connectivity index (χ1v) is 7.00. The second-order valence-electron chi connectivity index (χ2n) is 6.82. The van der Waals surface area contributed by atoms with Gasteiger partial charge in [0.15, 0.2) is 0 Å². The normalized spacial score (nSPS) is 25.6. The van der Waals surface area contributed by atoms with Crippen LogP contribution in [0.2, 0.25) is 0 Å². The second kappa shape index (κ2) is 5.41. The van der Waals surface area contributed by atoms with Gasteiger partial charge in [-0.25, -0.2) is 0 Å². The van der Waals surface area contributed by atoms with Gasteiger partial charge in [0.05, 0.1) is 0 Å². The molecule has 1 saturated carbocycles. The predicted octanol–water partition coefficient (Wildman–Crippen LogP) is 3.24. The second-order valence-corrected chi connectivity index (χ2v) is 6.82. The lowest BCUT2D eigenvalue weighted by Crippen LogP contribution is -2.49. The maximum atomic E-state index is 5.87. The topological polar surface area (TPSA) is 38.0 Å². The van der Waals surface area contributed by atoms with Gasteiger partial charge < -0.3 is 11.1 Å². The summed E-state index contributed by atoms with van der Waals surface area (Å²) >= 11 is 0. The highest BCUT2D eigenvalue weighted by Crippen LogP contribution is 2.31. The van der Waals surface area contributed by atoms with E-state index in [9.17, 15) is 0 Å². The maximum absolute atomic E-state index is 5.87. The fourth-order valence-electron chi connectivity index (χ4n) is 2.65. The van der Waals surface area contributed by atoms with Crippen LogP contribution < -0.4 is 11.1 Å². The standard InChI is InChI=1S/C16H26N2/c1-16(2,3)11-15(12-7-5-4-6-8-12)18-14-9-13(17)10-14/h4-8,13-15,18H,9-11,17H2,1-3H3.